The van der Waals surface area contributed by atoms with Gasteiger partial charge in [0, 0.05) is 41.1 Å². The molecule has 4 nitrogen and oxygen atoms in total. The SMILES string of the molecule is COc1cc2c(cc1OC)C1Cc3nc4ccc(Br)cc4cc3CN1CC2. The first-order valence-electron chi connectivity index (χ1n) is 9.23. The molecule has 2 aliphatic heterocycles. The van der Waals surface area contributed by atoms with Crippen molar-refractivity contribution in [3.63, 3.8) is 0 Å². The lowest BCUT2D eigenvalue weighted by molar-refractivity contribution is 0.158. The van der Waals surface area contributed by atoms with Gasteiger partial charge < -0.3 is 9.47 Å². The van der Waals surface area contributed by atoms with Crippen molar-refractivity contribution in [2.24, 2.45) is 0 Å². The third-order valence-corrected chi connectivity index (χ3v) is 6.31. The Balaban J connectivity index is 1.59. The summed E-state index contributed by atoms with van der Waals surface area (Å²) in [7, 11) is 3.40. The molecule has 0 N–H and O–H groups in total. The third-order valence-electron chi connectivity index (χ3n) is 5.82. The van der Waals surface area contributed by atoms with Gasteiger partial charge in [-0.2, -0.15) is 0 Å². The minimum absolute atomic E-state index is 0.349. The number of fused-ring (bicyclic) bond motifs is 5. The molecule has 138 valence electrons. The minimum atomic E-state index is 0.349. The molecule has 0 saturated carbocycles. The molecule has 5 heteroatoms. The fourth-order valence-corrected chi connectivity index (χ4v) is 4.83. The fourth-order valence-electron chi connectivity index (χ4n) is 4.46. The fraction of sp³-hybridized carbons (Fsp3) is 0.318. The predicted molar refractivity (Wildman–Crippen MR) is 110 cm³/mol. The normalized spacial score (nSPS) is 18.6. The van der Waals surface area contributed by atoms with Crippen molar-refractivity contribution < 1.29 is 9.47 Å². The summed E-state index contributed by atoms with van der Waals surface area (Å²) in [5.41, 5.74) is 6.34. The maximum Gasteiger partial charge on any atom is 0.161 e. The molecule has 0 saturated heterocycles. The van der Waals surface area contributed by atoms with Gasteiger partial charge in [-0.05, 0) is 59.5 Å². The number of pyridine rings is 1. The molecular formula is C22H21BrN2O2. The van der Waals surface area contributed by atoms with Crippen molar-refractivity contribution in [3.8, 4) is 11.5 Å². The van der Waals surface area contributed by atoms with Crippen molar-refractivity contribution in [2.75, 3.05) is 20.8 Å². The molecule has 3 heterocycles. The topological polar surface area (TPSA) is 34.6 Å². The van der Waals surface area contributed by atoms with Crippen molar-refractivity contribution >= 4 is 26.8 Å². The standard InChI is InChI=1S/C22H21BrN2O2/c1-26-21-9-13-5-6-25-12-15-7-14-8-16(23)3-4-18(14)24-19(15)11-20(25)17(13)10-22(21)27-2/h3-4,7-10,20H,5-6,11-12H2,1-2H3. The Kier molecular flexibility index (Phi) is 4.10. The first-order chi connectivity index (χ1) is 13.2. The molecule has 1 aromatic heterocycles. The van der Waals surface area contributed by atoms with Crippen molar-refractivity contribution in [3.05, 3.63) is 63.3 Å². The number of benzene rings is 2. The molecule has 27 heavy (non-hydrogen) atoms. The summed E-state index contributed by atoms with van der Waals surface area (Å²) in [5.74, 6) is 1.62. The van der Waals surface area contributed by atoms with Crippen molar-refractivity contribution in [1.29, 1.82) is 0 Å². The summed E-state index contributed by atoms with van der Waals surface area (Å²) in [6.07, 6.45) is 1.97. The Morgan fingerprint density at radius 1 is 1.04 bits per heavy atom. The second-order valence-electron chi connectivity index (χ2n) is 7.28. The summed E-state index contributed by atoms with van der Waals surface area (Å²) < 4.78 is 12.2. The van der Waals surface area contributed by atoms with Crippen LogP contribution in [0.1, 0.15) is 28.4 Å². The molecular weight excluding hydrogens is 404 g/mol. The highest BCUT2D eigenvalue weighted by Crippen LogP contribution is 2.42. The van der Waals surface area contributed by atoms with E-state index in [-0.39, 0.29) is 0 Å². The highest BCUT2D eigenvalue weighted by molar-refractivity contribution is 9.10. The van der Waals surface area contributed by atoms with Crippen LogP contribution in [0.2, 0.25) is 0 Å². The van der Waals surface area contributed by atoms with Gasteiger partial charge in [0.25, 0.3) is 0 Å². The molecule has 0 radical (unpaired) electrons. The second-order valence-corrected chi connectivity index (χ2v) is 8.19. The van der Waals surface area contributed by atoms with Crippen molar-refractivity contribution in [2.45, 2.75) is 25.4 Å². The van der Waals surface area contributed by atoms with Crippen LogP contribution in [0.15, 0.2) is 40.9 Å². The van der Waals surface area contributed by atoms with E-state index in [1.165, 1.54) is 27.8 Å². The van der Waals surface area contributed by atoms with Gasteiger partial charge in [0.15, 0.2) is 11.5 Å². The van der Waals surface area contributed by atoms with Gasteiger partial charge in [-0.15, -0.1) is 0 Å². The van der Waals surface area contributed by atoms with Gasteiger partial charge in [-0.3, -0.25) is 9.88 Å². The zero-order valence-electron chi connectivity index (χ0n) is 15.5. The van der Waals surface area contributed by atoms with E-state index in [1.54, 1.807) is 14.2 Å². The van der Waals surface area contributed by atoms with Crippen LogP contribution in [0.3, 0.4) is 0 Å². The molecule has 0 bridgehead atoms. The van der Waals surface area contributed by atoms with Gasteiger partial charge in [0.05, 0.1) is 19.7 Å². The first kappa shape index (κ1) is 17.0. The van der Waals surface area contributed by atoms with Crippen LogP contribution in [0.4, 0.5) is 0 Å². The minimum Gasteiger partial charge on any atom is -0.493 e. The van der Waals surface area contributed by atoms with Crippen LogP contribution in [0.25, 0.3) is 10.9 Å². The van der Waals surface area contributed by atoms with Gasteiger partial charge in [-0.1, -0.05) is 15.9 Å². The van der Waals surface area contributed by atoms with Crippen LogP contribution in [0.5, 0.6) is 11.5 Å². The van der Waals surface area contributed by atoms with Crippen LogP contribution in [0, 0.1) is 0 Å². The highest BCUT2D eigenvalue weighted by atomic mass is 79.9. The quantitative estimate of drug-likeness (QED) is 0.598. The summed E-state index contributed by atoms with van der Waals surface area (Å²) in [6, 6.07) is 13.3. The first-order valence-corrected chi connectivity index (χ1v) is 10.0. The maximum atomic E-state index is 5.56. The average Bonchev–Trinajstić information content (AvgIpc) is 2.69. The van der Waals surface area contributed by atoms with Crippen LogP contribution in [-0.4, -0.2) is 30.6 Å². The lowest BCUT2D eigenvalue weighted by Gasteiger charge is -2.41. The zero-order chi connectivity index (χ0) is 18.5. The van der Waals surface area contributed by atoms with Gasteiger partial charge in [0.2, 0.25) is 0 Å². The molecule has 0 amide bonds. The number of rotatable bonds is 2. The Hall–Kier alpha value is -2.11. The van der Waals surface area contributed by atoms with E-state index in [2.05, 4.69) is 57.2 Å². The van der Waals surface area contributed by atoms with E-state index in [0.29, 0.717) is 6.04 Å². The van der Waals surface area contributed by atoms with Crippen LogP contribution < -0.4 is 9.47 Å². The predicted octanol–water partition coefficient (Wildman–Crippen LogP) is 4.67. The molecule has 2 aliphatic rings. The molecule has 0 spiro atoms. The molecule has 2 aromatic carbocycles. The largest absolute Gasteiger partial charge is 0.493 e. The molecule has 5 rings (SSSR count). The smallest absolute Gasteiger partial charge is 0.161 e. The summed E-state index contributed by atoms with van der Waals surface area (Å²) >= 11 is 3.57. The van der Waals surface area contributed by atoms with E-state index < -0.39 is 0 Å². The van der Waals surface area contributed by atoms with Gasteiger partial charge in [-0.25, -0.2) is 0 Å². The van der Waals surface area contributed by atoms with Crippen LogP contribution in [-0.2, 0) is 19.4 Å². The number of ether oxygens (including phenoxy) is 2. The molecule has 3 aromatic rings. The van der Waals surface area contributed by atoms with Crippen molar-refractivity contribution in [1.82, 2.24) is 9.88 Å². The van der Waals surface area contributed by atoms with E-state index >= 15 is 0 Å². The second kappa shape index (κ2) is 6.50. The number of halogens is 1. The summed E-state index contributed by atoms with van der Waals surface area (Å²) in [4.78, 5) is 7.57. The third kappa shape index (κ3) is 2.80. The number of hydrogen-bond acceptors (Lipinski definition) is 4. The van der Waals surface area contributed by atoms with Gasteiger partial charge in [0.1, 0.15) is 0 Å². The Morgan fingerprint density at radius 2 is 1.85 bits per heavy atom. The number of nitrogens with zero attached hydrogens (tertiary/aromatic N) is 2. The average molecular weight is 425 g/mol. The van der Waals surface area contributed by atoms with E-state index in [0.717, 1.165) is 47.4 Å². The van der Waals surface area contributed by atoms with Crippen LogP contribution >= 0.6 is 15.9 Å². The summed E-state index contributed by atoms with van der Waals surface area (Å²) in [5, 5.41) is 1.20. The van der Waals surface area contributed by atoms with E-state index in [4.69, 9.17) is 14.5 Å². The zero-order valence-corrected chi connectivity index (χ0v) is 17.0. The molecule has 1 atom stereocenters. The van der Waals surface area contributed by atoms with Gasteiger partial charge >= 0.3 is 0 Å². The Morgan fingerprint density at radius 3 is 2.67 bits per heavy atom. The maximum absolute atomic E-state index is 5.56. The Bertz CT molecular complexity index is 1050. The number of hydrogen-bond donors (Lipinski definition) is 0. The number of methoxy groups -OCH3 is 2. The highest BCUT2D eigenvalue weighted by Gasteiger charge is 2.33. The molecule has 1 unspecified atom stereocenters. The lowest BCUT2D eigenvalue weighted by Crippen LogP contribution is -2.39. The van der Waals surface area contributed by atoms with E-state index in [9.17, 15) is 0 Å². The number of aromatic nitrogens is 1. The monoisotopic (exact) mass is 424 g/mol. The Labute approximate surface area is 167 Å². The molecule has 0 aliphatic carbocycles. The lowest BCUT2D eigenvalue weighted by atomic mass is 9.85. The summed E-state index contributed by atoms with van der Waals surface area (Å²) in [6.45, 7) is 2.01. The molecule has 0 fully saturated rings. The van der Waals surface area contributed by atoms with E-state index in [1.807, 2.05) is 0 Å².